The molecule has 1 atom stereocenters. The number of hydrogen-bond donors (Lipinski definition) is 1. The van der Waals surface area contributed by atoms with Gasteiger partial charge in [0.15, 0.2) is 0 Å². The zero-order chi connectivity index (χ0) is 21.5. The number of para-hydroxylation sites is 1. The highest BCUT2D eigenvalue weighted by Crippen LogP contribution is 2.24. The summed E-state index contributed by atoms with van der Waals surface area (Å²) in [5.41, 5.74) is 1.78. The van der Waals surface area contributed by atoms with Crippen molar-refractivity contribution in [3.05, 3.63) is 66.5 Å². The molecule has 4 rings (SSSR count). The summed E-state index contributed by atoms with van der Waals surface area (Å²) < 4.78 is 7.16. The molecule has 0 aliphatic carbocycles. The second kappa shape index (κ2) is 10.2. The second-order valence-electron chi connectivity index (χ2n) is 7.60. The molecule has 0 spiro atoms. The molecule has 31 heavy (non-hydrogen) atoms. The number of hydrogen-bond acceptors (Lipinski definition) is 6. The highest BCUT2D eigenvalue weighted by molar-refractivity contribution is 5.82. The van der Waals surface area contributed by atoms with Gasteiger partial charge in [-0.2, -0.15) is 0 Å². The van der Waals surface area contributed by atoms with Crippen LogP contribution in [0.4, 0.5) is 0 Å². The van der Waals surface area contributed by atoms with Crippen molar-refractivity contribution in [1.82, 2.24) is 29.7 Å². The maximum Gasteiger partial charge on any atom is 0.243 e. The minimum absolute atomic E-state index is 0.0351. The fourth-order valence-electron chi connectivity index (χ4n) is 4.01. The molecule has 1 aromatic carbocycles. The van der Waals surface area contributed by atoms with E-state index in [0.717, 1.165) is 37.2 Å². The van der Waals surface area contributed by atoms with Crippen LogP contribution in [0.3, 0.4) is 0 Å². The predicted molar refractivity (Wildman–Crippen MR) is 117 cm³/mol. The van der Waals surface area contributed by atoms with E-state index in [1.165, 1.54) is 6.42 Å². The Bertz CT molecular complexity index is 985. The van der Waals surface area contributed by atoms with Crippen molar-refractivity contribution in [2.45, 2.75) is 31.7 Å². The number of rotatable bonds is 8. The highest BCUT2D eigenvalue weighted by Gasteiger charge is 2.30. The van der Waals surface area contributed by atoms with Crippen molar-refractivity contribution in [1.29, 1.82) is 0 Å². The number of imidazole rings is 1. The molecule has 3 aromatic rings. The van der Waals surface area contributed by atoms with Gasteiger partial charge in [-0.25, -0.2) is 15.0 Å². The Labute approximate surface area is 182 Å². The van der Waals surface area contributed by atoms with Crippen LogP contribution in [0.25, 0.3) is 5.95 Å². The van der Waals surface area contributed by atoms with E-state index in [1.807, 2.05) is 30.3 Å². The molecule has 1 unspecified atom stereocenters. The van der Waals surface area contributed by atoms with Crippen LogP contribution >= 0.6 is 0 Å². The van der Waals surface area contributed by atoms with Gasteiger partial charge >= 0.3 is 0 Å². The average Bonchev–Trinajstić information content (AvgIpc) is 3.36. The summed E-state index contributed by atoms with van der Waals surface area (Å²) in [5, 5.41) is 3.12. The highest BCUT2D eigenvalue weighted by atomic mass is 16.5. The SMILES string of the molecule is COc1ccccc1CCNC(=O)C(c1ccnc(-n2ccnc2)n1)N1CCCCC1. The van der Waals surface area contributed by atoms with Crippen molar-refractivity contribution >= 4 is 5.91 Å². The lowest BCUT2D eigenvalue weighted by Gasteiger charge is -2.33. The van der Waals surface area contributed by atoms with E-state index in [4.69, 9.17) is 9.72 Å². The van der Waals surface area contributed by atoms with Crippen LogP contribution in [0.2, 0.25) is 0 Å². The normalized spacial score (nSPS) is 15.4. The van der Waals surface area contributed by atoms with E-state index >= 15 is 0 Å². The Morgan fingerprint density at radius 3 is 2.77 bits per heavy atom. The van der Waals surface area contributed by atoms with Gasteiger partial charge < -0.3 is 10.1 Å². The Morgan fingerprint density at radius 1 is 1.16 bits per heavy atom. The standard InChI is InChI=1S/C23H28N6O2/c1-31-20-8-4-3-7-18(20)9-11-25-22(30)21(28-14-5-2-6-15-28)19-10-12-26-23(27-19)29-16-13-24-17-29/h3-4,7-8,10,12-13,16-17,21H,2,5-6,9,11,14-15H2,1H3,(H,25,30). The summed E-state index contributed by atoms with van der Waals surface area (Å²) in [6.45, 7) is 2.30. The molecule has 8 heteroatoms. The van der Waals surface area contributed by atoms with Crippen molar-refractivity contribution in [2.24, 2.45) is 0 Å². The first-order valence-corrected chi connectivity index (χ1v) is 10.7. The van der Waals surface area contributed by atoms with Gasteiger partial charge in [-0.3, -0.25) is 14.3 Å². The Morgan fingerprint density at radius 2 is 2.00 bits per heavy atom. The first-order chi connectivity index (χ1) is 15.3. The number of likely N-dealkylation sites (tertiary alicyclic amines) is 1. The third-order valence-corrected chi connectivity index (χ3v) is 5.57. The Kier molecular flexibility index (Phi) is 6.89. The number of ether oxygens (including phenoxy) is 1. The number of nitrogens with one attached hydrogen (secondary N) is 1. The molecule has 1 N–H and O–H groups in total. The number of benzene rings is 1. The number of piperidine rings is 1. The van der Waals surface area contributed by atoms with E-state index < -0.39 is 6.04 Å². The summed E-state index contributed by atoms with van der Waals surface area (Å²) >= 11 is 0. The first kappa shape index (κ1) is 21.0. The Balaban J connectivity index is 1.51. The van der Waals surface area contributed by atoms with E-state index in [9.17, 15) is 4.79 Å². The van der Waals surface area contributed by atoms with Gasteiger partial charge in [-0.1, -0.05) is 24.6 Å². The zero-order valence-electron chi connectivity index (χ0n) is 17.8. The van der Waals surface area contributed by atoms with Crippen LogP contribution in [0.5, 0.6) is 5.75 Å². The molecular formula is C23H28N6O2. The van der Waals surface area contributed by atoms with Gasteiger partial charge in [-0.15, -0.1) is 0 Å². The third kappa shape index (κ3) is 5.08. The summed E-state index contributed by atoms with van der Waals surface area (Å²) in [7, 11) is 1.66. The summed E-state index contributed by atoms with van der Waals surface area (Å²) in [6, 6.07) is 9.28. The number of amides is 1. The summed E-state index contributed by atoms with van der Waals surface area (Å²) in [5.74, 6) is 1.32. The lowest BCUT2D eigenvalue weighted by atomic mass is 10.0. The minimum Gasteiger partial charge on any atom is -0.496 e. The van der Waals surface area contributed by atoms with Crippen LogP contribution in [0.1, 0.15) is 36.6 Å². The molecule has 1 amide bonds. The van der Waals surface area contributed by atoms with E-state index in [2.05, 4.69) is 20.2 Å². The topological polar surface area (TPSA) is 85.2 Å². The second-order valence-corrected chi connectivity index (χ2v) is 7.60. The lowest BCUT2D eigenvalue weighted by Crippen LogP contribution is -2.44. The summed E-state index contributed by atoms with van der Waals surface area (Å²) in [6.07, 6.45) is 10.9. The Hall–Kier alpha value is -3.26. The van der Waals surface area contributed by atoms with E-state index in [-0.39, 0.29) is 5.91 Å². The van der Waals surface area contributed by atoms with Crippen LogP contribution in [-0.4, -0.2) is 57.1 Å². The van der Waals surface area contributed by atoms with Gasteiger partial charge in [0.2, 0.25) is 11.9 Å². The zero-order valence-corrected chi connectivity index (χ0v) is 17.8. The van der Waals surface area contributed by atoms with Crippen LogP contribution in [0, 0.1) is 0 Å². The van der Waals surface area contributed by atoms with Gasteiger partial charge in [-0.05, 0) is 50.0 Å². The van der Waals surface area contributed by atoms with Crippen LogP contribution in [-0.2, 0) is 11.2 Å². The van der Waals surface area contributed by atoms with Gasteiger partial charge in [0.05, 0.1) is 12.8 Å². The molecular weight excluding hydrogens is 392 g/mol. The van der Waals surface area contributed by atoms with Crippen molar-refractivity contribution < 1.29 is 9.53 Å². The molecule has 0 radical (unpaired) electrons. The molecule has 162 valence electrons. The number of carbonyl (C=O) groups excluding carboxylic acids is 1. The predicted octanol–water partition coefficient (Wildman–Crippen LogP) is 2.56. The largest absolute Gasteiger partial charge is 0.496 e. The third-order valence-electron chi connectivity index (χ3n) is 5.57. The first-order valence-electron chi connectivity index (χ1n) is 10.7. The number of methoxy groups -OCH3 is 1. The molecule has 0 bridgehead atoms. The molecule has 1 fully saturated rings. The quantitative estimate of drug-likeness (QED) is 0.603. The molecule has 1 saturated heterocycles. The van der Waals surface area contributed by atoms with Crippen molar-refractivity contribution in [3.8, 4) is 11.7 Å². The van der Waals surface area contributed by atoms with Gasteiger partial charge in [0.1, 0.15) is 18.1 Å². The van der Waals surface area contributed by atoms with Crippen LogP contribution in [0.15, 0.2) is 55.2 Å². The molecule has 1 aliphatic rings. The smallest absolute Gasteiger partial charge is 0.243 e. The maximum atomic E-state index is 13.3. The molecule has 8 nitrogen and oxygen atoms in total. The van der Waals surface area contributed by atoms with Gasteiger partial charge in [0.25, 0.3) is 0 Å². The fraction of sp³-hybridized carbons (Fsp3) is 0.391. The minimum atomic E-state index is -0.441. The van der Waals surface area contributed by atoms with Crippen LogP contribution < -0.4 is 10.1 Å². The molecule has 2 aromatic heterocycles. The van der Waals surface area contributed by atoms with E-state index in [1.54, 1.807) is 36.6 Å². The maximum absolute atomic E-state index is 13.3. The van der Waals surface area contributed by atoms with Crippen molar-refractivity contribution in [3.63, 3.8) is 0 Å². The van der Waals surface area contributed by atoms with Gasteiger partial charge in [0, 0.05) is 25.1 Å². The molecule has 0 saturated carbocycles. The molecule has 3 heterocycles. The number of nitrogens with zero attached hydrogens (tertiary/aromatic N) is 5. The average molecular weight is 421 g/mol. The lowest BCUT2D eigenvalue weighted by molar-refractivity contribution is -0.127. The summed E-state index contributed by atoms with van der Waals surface area (Å²) in [4.78, 5) is 28.6. The number of carbonyl (C=O) groups is 1. The van der Waals surface area contributed by atoms with Crippen molar-refractivity contribution in [2.75, 3.05) is 26.7 Å². The monoisotopic (exact) mass is 420 g/mol. The fourth-order valence-corrected chi connectivity index (χ4v) is 4.01. The van der Waals surface area contributed by atoms with E-state index in [0.29, 0.717) is 24.6 Å². The number of aromatic nitrogens is 4. The molecule has 1 aliphatic heterocycles.